The molecular formula is C21H30N2O4. The van der Waals surface area contributed by atoms with Gasteiger partial charge in [-0.1, -0.05) is 45.0 Å². The predicted octanol–water partition coefficient (Wildman–Crippen LogP) is 2.44. The van der Waals surface area contributed by atoms with Crippen LogP contribution in [0.1, 0.15) is 44.7 Å². The number of rotatable bonds is 5. The van der Waals surface area contributed by atoms with Gasteiger partial charge < -0.3 is 15.0 Å². The van der Waals surface area contributed by atoms with Gasteiger partial charge in [-0.2, -0.15) is 0 Å². The zero-order chi connectivity index (χ0) is 20.0. The number of hydrogen-bond donors (Lipinski definition) is 1. The third-order valence-electron chi connectivity index (χ3n) is 4.84. The maximum Gasteiger partial charge on any atom is 0.309 e. The topological polar surface area (TPSA) is 75.7 Å². The molecule has 0 atom stereocenters. The van der Waals surface area contributed by atoms with E-state index in [2.05, 4.69) is 5.32 Å². The van der Waals surface area contributed by atoms with Crippen molar-refractivity contribution in [1.82, 2.24) is 10.2 Å². The summed E-state index contributed by atoms with van der Waals surface area (Å²) in [6.45, 7) is 8.91. The summed E-state index contributed by atoms with van der Waals surface area (Å²) in [5, 5.41) is 2.77. The van der Waals surface area contributed by atoms with Crippen LogP contribution in [0.15, 0.2) is 24.3 Å². The Kier molecular flexibility index (Phi) is 6.99. The summed E-state index contributed by atoms with van der Waals surface area (Å²) >= 11 is 0. The molecule has 2 amide bonds. The van der Waals surface area contributed by atoms with E-state index in [-0.39, 0.29) is 30.3 Å². The van der Waals surface area contributed by atoms with Crippen molar-refractivity contribution in [3.63, 3.8) is 0 Å². The average Bonchev–Trinajstić information content (AvgIpc) is 2.64. The number of hydrogen-bond acceptors (Lipinski definition) is 4. The molecule has 0 saturated carbocycles. The summed E-state index contributed by atoms with van der Waals surface area (Å²) in [5.74, 6) is -0.820. The molecule has 1 aromatic carbocycles. The summed E-state index contributed by atoms with van der Waals surface area (Å²) in [5.41, 5.74) is 1.72. The van der Waals surface area contributed by atoms with E-state index in [9.17, 15) is 14.4 Å². The number of aryl methyl sites for hydroxylation is 1. The molecule has 1 aliphatic heterocycles. The molecule has 6 heteroatoms. The van der Waals surface area contributed by atoms with E-state index in [1.807, 2.05) is 52.0 Å². The van der Waals surface area contributed by atoms with E-state index >= 15 is 0 Å². The van der Waals surface area contributed by atoms with Crippen molar-refractivity contribution >= 4 is 17.8 Å². The maximum absolute atomic E-state index is 12.3. The molecule has 1 N–H and O–H groups in total. The quantitative estimate of drug-likeness (QED) is 0.803. The first-order valence-corrected chi connectivity index (χ1v) is 9.45. The third kappa shape index (κ3) is 6.08. The van der Waals surface area contributed by atoms with Crippen molar-refractivity contribution < 1.29 is 19.1 Å². The average molecular weight is 374 g/mol. The van der Waals surface area contributed by atoms with Crippen LogP contribution in [-0.4, -0.2) is 42.4 Å². The fourth-order valence-corrected chi connectivity index (χ4v) is 3.10. The number of ether oxygens (including phenoxy) is 1. The third-order valence-corrected chi connectivity index (χ3v) is 4.84. The lowest BCUT2D eigenvalue weighted by atomic mass is 9.91. The van der Waals surface area contributed by atoms with Crippen LogP contribution >= 0.6 is 0 Å². The molecule has 2 rings (SSSR count). The van der Waals surface area contributed by atoms with Crippen LogP contribution in [0.4, 0.5) is 0 Å². The fraction of sp³-hybridized carbons (Fsp3) is 0.571. The normalized spacial score (nSPS) is 15.3. The van der Waals surface area contributed by atoms with Crippen LogP contribution in [0.3, 0.4) is 0 Å². The van der Waals surface area contributed by atoms with Gasteiger partial charge in [0.1, 0.15) is 0 Å². The Labute approximate surface area is 161 Å². The monoisotopic (exact) mass is 374 g/mol. The first-order valence-electron chi connectivity index (χ1n) is 9.45. The molecule has 148 valence electrons. The summed E-state index contributed by atoms with van der Waals surface area (Å²) in [4.78, 5) is 38.2. The molecule has 6 nitrogen and oxygen atoms in total. The summed E-state index contributed by atoms with van der Waals surface area (Å²) in [6, 6.07) is 7.81. The second-order valence-corrected chi connectivity index (χ2v) is 8.13. The van der Waals surface area contributed by atoms with E-state index in [1.165, 1.54) is 0 Å². The Hall–Kier alpha value is -2.37. The van der Waals surface area contributed by atoms with Gasteiger partial charge in [-0.25, -0.2) is 0 Å². The number of nitrogens with one attached hydrogen (secondary N) is 1. The first-order chi connectivity index (χ1) is 12.7. The number of amides is 2. The van der Waals surface area contributed by atoms with Crippen LogP contribution in [0.5, 0.6) is 0 Å². The fourth-order valence-electron chi connectivity index (χ4n) is 3.10. The SMILES string of the molecule is Cc1ccccc1CNC(=O)COC(=O)C1CCN(C(=O)C(C)(C)C)CC1. The van der Waals surface area contributed by atoms with Crippen LogP contribution in [0.2, 0.25) is 0 Å². The minimum Gasteiger partial charge on any atom is -0.455 e. The van der Waals surface area contributed by atoms with E-state index in [0.717, 1.165) is 11.1 Å². The number of carbonyl (C=O) groups excluding carboxylic acids is 3. The van der Waals surface area contributed by atoms with Gasteiger partial charge in [-0.05, 0) is 30.9 Å². The second kappa shape index (κ2) is 9.02. The highest BCUT2D eigenvalue weighted by Crippen LogP contribution is 2.24. The highest BCUT2D eigenvalue weighted by Gasteiger charge is 2.33. The van der Waals surface area contributed by atoms with Gasteiger partial charge in [0.25, 0.3) is 5.91 Å². The lowest BCUT2D eigenvalue weighted by molar-refractivity contribution is -0.155. The Balaban J connectivity index is 1.71. The Morgan fingerprint density at radius 3 is 2.37 bits per heavy atom. The molecule has 0 spiro atoms. The molecule has 1 fully saturated rings. The molecule has 0 radical (unpaired) electrons. The Morgan fingerprint density at radius 1 is 1.15 bits per heavy atom. The zero-order valence-electron chi connectivity index (χ0n) is 16.7. The second-order valence-electron chi connectivity index (χ2n) is 8.13. The Morgan fingerprint density at radius 2 is 1.78 bits per heavy atom. The van der Waals surface area contributed by atoms with Crippen molar-refractivity contribution in [2.45, 2.75) is 47.1 Å². The van der Waals surface area contributed by atoms with E-state index in [4.69, 9.17) is 4.74 Å². The van der Waals surface area contributed by atoms with Crippen molar-refractivity contribution in [3.05, 3.63) is 35.4 Å². The summed E-state index contributed by atoms with van der Waals surface area (Å²) in [7, 11) is 0. The minimum absolute atomic E-state index is 0.102. The highest BCUT2D eigenvalue weighted by atomic mass is 16.5. The number of benzene rings is 1. The minimum atomic E-state index is -0.414. The summed E-state index contributed by atoms with van der Waals surface area (Å²) in [6.07, 6.45) is 1.15. The molecule has 0 aromatic heterocycles. The van der Waals surface area contributed by atoms with Crippen molar-refractivity contribution in [2.24, 2.45) is 11.3 Å². The molecule has 0 unspecified atom stereocenters. The largest absolute Gasteiger partial charge is 0.455 e. The standard InChI is InChI=1S/C21H30N2O4/c1-15-7-5-6-8-17(15)13-22-18(24)14-27-19(25)16-9-11-23(12-10-16)20(26)21(2,3)4/h5-8,16H,9-14H2,1-4H3,(H,22,24). The molecule has 1 aliphatic rings. The van der Waals surface area contributed by atoms with Gasteiger partial charge in [-0.15, -0.1) is 0 Å². The Bertz CT molecular complexity index is 686. The number of likely N-dealkylation sites (tertiary alicyclic amines) is 1. The van der Waals surface area contributed by atoms with Crippen LogP contribution in [-0.2, 0) is 25.7 Å². The lowest BCUT2D eigenvalue weighted by Gasteiger charge is -2.34. The molecule has 1 aromatic rings. The molecule has 1 heterocycles. The predicted molar refractivity (Wildman–Crippen MR) is 103 cm³/mol. The molecular weight excluding hydrogens is 344 g/mol. The van der Waals surface area contributed by atoms with E-state index in [1.54, 1.807) is 4.90 Å². The summed E-state index contributed by atoms with van der Waals surface area (Å²) < 4.78 is 5.17. The lowest BCUT2D eigenvalue weighted by Crippen LogP contribution is -2.45. The number of nitrogens with zero attached hydrogens (tertiary/aromatic N) is 1. The van der Waals surface area contributed by atoms with Gasteiger partial charge in [0.05, 0.1) is 5.92 Å². The van der Waals surface area contributed by atoms with Crippen LogP contribution in [0, 0.1) is 18.3 Å². The van der Waals surface area contributed by atoms with E-state index < -0.39 is 5.41 Å². The van der Waals surface area contributed by atoms with Crippen molar-refractivity contribution in [3.8, 4) is 0 Å². The highest BCUT2D eigenvalue weighted by molar-refractivity contribution is 5.83. The van der Waals surface area contributed by atoms with Gasteiger partial charge in [0, 0.05) is 25.0 Å². The molecule has 1 saturated heterocycles. The zero-order valence-corrected chi connectivity index (χ0v) is 16.7. The smallest absolute Gasteiger partial charge is 0.309 e. The maximum atomic E-state index is 12.3. The number of carbonyl (C=O) groups is 3. The number of piperidine rings is 1. The molecule has 27 heavy (non-hydrogen) atoms. The van der Waals surface area contributed by atoms with Crippen molar-refractivity contribution in [2.75, 3.05) is 19.7 Å². The number of esters is 1. The van der Waals surface area contributed by atoms with Gasteiger partial charge in [0.2, 0.25) is 5.91 Å². The van der Waals surface area contributed by atoms with Gasteiger partial charge in [0.15, 0.2) is 6.61 Å². The molecule has 0 aliphatic carbocycles. The van der Waals surface area contributed by atoms with Crippen LogP contribution < -0.4 is 5.32 Å². The van der Waals surface area contributed by atoms with Crippen molar-refractivity contribution in [1.29, 1.82) is 0 Å². The van der Waals surface area contributed by atoms with Gasteiger partial charge in [-0.3, -0.25) is 14.4 Å². The molecule has 0 bridgehead atoms. The van der Waals surface area contributed by atoms with Crippen LogP contribution in [0.25, 0.3) is 0 Å². The van der Waals surface area contributed by atoms with E-state index in [0.29, 0.717) is 32.5 Å². The first kappa shape index (κ1) is 20.9. The van der Waals surface area contributed by atoms with Gasteiger partial charge >= 0.3 is 5.97 Å².